The molecule has 150 valence electrons. The van der Waals surface area contributed by atoms with Gasteiger partial charge in [0.2, 0.25) is 0 Å². The number of carbonyl (C=O) groups excluding carboxylic acids is 2. The summed E-state index contributed by atoms with van der Waals surface area (Å²) in [4.78, 5) is 21.7. The Hall–Kier alpha value is -1.14. The van der Waals surface area contributed by atoms with Crippen LogP contribution in [0.5, 0.6) is 0 Å². The van der Waals surface area contributed by atoms with Gasteiger partial charge in [-0.3, -0.25) is 9.59 Å². The molecule has 0 aromatic heterocycles. The molecule has 0 saturated heterocycles. The summed E-state index contributed by atoms with van der Waals surface area (Å²) in [5.74, 6) is -0.327. The lowest BCUT2D eigenvalue weighted by molar-refractivity contribution is -0.145. The molecule has 0 heterocycles. The molecule has 0 aromatic carbocycles. The van der Waals surface area contributed by atoms with Crippen molar-refractivity contribution in [1.29, 1.82) is 0 Å². The van der Waals surface area contributed by atoms with Gasteiger partial charge in [0.25, 0.3) is 0 Å². The fourth-order valence-corrected chi connectivity index (χ4v) is 1.53. The highest BCUT2D eigenvalue weighted by molar-refractivity contribution is 5.69. The zero-order valence-corrected chi connectivity index (χ0v) is 16.6. The summed E-state index contributed by atoms with van der Waals surface area (Å²) in [5, 5.41) is 0. The maximum absolute atomic E-state index is 10.9. The van der Waals surface area contributed by atoms with Crippen LogP contribution in [0.1, 0.15) is 72.6 Å². The van der Waals surface area contributed by atoms with E-state index < -0.39 is 0 Å². The first kappa shape index (κ1) is 26.1. The van der Waals surface area contributed by atoms with Crippen molar-refractivity contribution in [3.63, 3.8) is 0 Å². The van der Waals surface area contributed by atoms with Crippen LogP contribution >= 0.6 is 0 Å². The molecule has 0 atom stereocenters. The summed E-state index contributed by atoms with van der Waals surface area (Å²) < 4.78 is 20.0. The predicted octanol–water partition coefficient (Wildman–Crippen LogP) is 3.90. The summed E-state index contributed by atoms with van der Waals surface area (Å²) in [6.45, 7) is 11.4. The standard InChI is InChI=1S/C10H20O3.C9H18O3/c1-3-5-8-12-9-6-10(11)13-7-4-2;1-3-5-7-11-8-6-9(10)12-4-2/h3-9H2,1-2H3;3-8H2,1-2H3. The highest BCUT2D eigenvalue weighted by Gasteiger charge is 2.01. The second-order valence-corrected chi connectivity index (χ2v) is 5.46. The molecule has 6 nitrogen and oxygen atoms in total. The molecule has 0 aromatic rings. The summed E-state index contributed by atoms with van der Waals surface area (Å²) in [5.41, 5.74) is 0. The lowest BCUT2D eigenvalue weighted by Gasteiger charge is -2.03. The minimum absolute atomic E-state index is 0.154. The number of rotatable bonds is 15. The molecule has 0 radical (unpaired) electrons. The predicted molar refractivity (Wildman–Crippen MR) is 98.6 cm³/mol. The van der Waals surface area contributed by atoms with Crippen LogP contribution in [-0.2, 0) is 28.5 Å². The third-order valence-electron chi connectivity index (χ3n) is 2.96. The van der Waals surface area contributed by atoms with Crippen molar-refractivity contribution in [2.24, 2.45) is 0 Å². The number of unbranched alkanes of at least 4 members (excludes halogenated alkanes) is 2. The van der Waals surface area contributed by atoms with Crippen molar-refractivity contribution < 1.29 is 28.5 Å². The quantitative estimate of drug-likeness (QED) is 0.325. The Bertz CT molecular complexity index is 294. The third kappa shape index (κ3) is 25.2. The van der Waals surface area contributed by atoms with Gasteiger partial charge < -0.3 is 18.9 Å². The van der Waals surface area contributed by atoms with Crippen molar-refractivity contribution in [2.45, 2.75) is 72.6 Å². The van der Waals surface area contributed by atoms with Crippen LogP contribution in [0, 0.1) is 0 Å². The van der Waals surface area contributed by atoms with E-state index >= 15 is 0 Å². The normalized spacial score (nSPS) is 9.92. The van der Waals surface area contributed by atoms with E-state index in [4.69, 9.17) is 18.9 Å². The van der Waals surface area contributed by atoms with E-state index in [-0.39, 0.29) is 11.9 Å². The Morgan fingerprint density at radius 2 is 1.08 bits per heavy atom. The Morgan fingerprint density at radius 3 is 1.48 bits per heavy atom. The van der Waals surface area contributed by atoms with Gasteiger partial charge in [-0.2, -0.15) is 0 Å². The first-order chi connectivity index (χ1) is 12.1. The lowest BCUT2D eigenvalue weighted by Crippen LogP contribution is -2.09. The fourth-order valence-electron chi connectivity index (χ4n) is 1.53. The molecule has 0 aliphatic heterocycles. The van der Waals surface area contributed by atoms with Crippen LogP contribution < -0.4 is 0 Å². The van der Waals surface area contributed by atoms with Crippen molar-refractivity contribution in [3.8, 4) is 0 Å². The molecule has 0 unspecified atom stereocenters. The SMILES string of the molecule is CCCCOCCC(=O)OCC.CCCCOCCC(=O)OCCC. The smallest absolute Gasteiger partial charge is 0.308 e. The molecule has 25 heavy (non-hydrogen) atoms. The van der Waals surface area contributed by atoms with E-state index in [9.17, 15) is 9.59 Å². The van der Waals surface area contributed by atoms with E-state index in [1.165, 1.54) is 0 Å². The van der Waals surface area contributed by atoms with E-state index in [0.29, 0.717) is 39.3 Å². The average Bonchev–Trinajstić information content (AvgIpc) is 2.60. The Balaban J connectivity index is 0. The third-order valence-corrected chi connectivity index (χ3v) is 2.96. The molecule has 0 spiro atoms. The molecule has 0 rings (SSSR count). The first-order valence-electron chi connectivity index (χ1n) is 9.58. The van der Waals surface area contributed by atoms with Crippen molar-refractivity contribution in [3.05, 3.63) is 0 Å². The van der Waals surface area contributed by atoms with Crippen LogP contribution in [0.25, 0.3) is 0 Å². The minimum Gasteiger partial charge on any atom is -0.466 e. The molecule has 0 aliphatic carbocycles. The van der Waals surface area contributed by atoms with E-state index in [1.54, 1.807) is 6.92 Å². The molecule has 0 N–H and O–H groups in total. The maximum Gasteiger partial charge on any atom is 0.308 e. The highest BCUT2D eigenvalue weighted by atomic mass is 16.5. The zero-order valence-electron chi connectivity index (χ0n) is 16.6. The number of esters is 2. The topological polar surface area (TPSA) is 71.1 Å². The summed E-state index contributed by atoms with van der Waals surface area (Å²) in [6, 6.07) is 0. The molecule has 6 heteroatoms. The molecule has 0 saturated carbocycles. The Morgan fingerprint density at radius 1 is 0.600 bits per heavy atom. The van der Waals surface area contributed by atoms with Crippen molar-refractivity contribution >= 4 is 11.9 Å². The Labute approximate surface area is 153 Å². The van der Waals surface area contributed by atoms with Crippen molar-refractivity contribution in [2.75, 3.05) is 39.6 Å². The monoisotopic (exact) mass is 362 g/mol. The van der Waals surface area contributed by atoms with Gasteiger partial charge in [0.1, 0.15) is 0 Å². The Kier molecular flexibility index (Phi) is 23.9. The second kappa shape index (κ2) is 22.9. The van der Waals surface area contributed by atoms with Crippen LogP contribution in [0.3, 0.4) is 0 Å². The van der Waals surface area contributed by atoms with Gasteiger partial charge in [-0.15, -0.1) is 0 Å². The van der Waals surface area contributed by atoms with E-state index in [0.717, 1.165) is 45.3 Å². The van der Waals surface area contributed by atoms with Crippen LogP contribution in [0.2, 0.25) is 0 Å². The molecule has 0 aliphatic rings. The summed E-state index contributed by atoms with van der Waals surface area (Å²) in [6.07, 6.45) is 6.00. The van der Waals surface area contributed by atoms with Crippen molar-refractivity contribution in [1.82, 2.24) is 0 Å². The van der Waals surface area contributed by atoms with Crippen LogP contribution in [0.4, 0.5) is 0 Å². The van der Waals surface area contributed by atoms with Gasteiger partial charge in [-0.1, -0.05) is 33.6 Å². The number of carbonyl (C=O) groups is 2. The molecular weight excluding hydrogens is 324 g/mol. The minimum atomic E-state index is -0.172. The summed E-state index contributed by atoms with van der Waals surface area (Å²) >= 11 is 0. The van der Waals surface area contributed by atoms with Crippen LogP contribution in [-0.4, -0.2) is 51.6 Å². The highest BCUT2D eigenvalue weighted by Crippen LogP contribution is 1.93. The van der Waals surface area contributed by atoms with Gasteiger partial charge in [0, 0.05) is 13.2 Å². The zero-order chi connectivity index (χ0) is 19.2. The largest absolute Gasteiger partial charge is 0.466 e. The van der Waals surface area contributed by atoms with Gasteiger partial charge in [0.05, 0.1) is 39.3 Å². The summed E-state index contributed by atoms with van der Waals surface area (Å²) in [7, 11) is 0. The van der Waals surface area contributed by atoms with Gasteiger partial charge in [0.15, 0.2) is 0 Å². The van der Waals surface area contributed by atoms with Gasteiger partial charge in [-0.25, -0.2) is 0 Å². The number of hydrogen-bond acceptors (Lipinski definition) is 6. The number of hydrogen-bond donors (Lipinski definition) is 0. The lowest BCUT2D eigenvalue weighted by atomic mass is 10.4. The van der Waals surface area contributed by atoms with Gasteiger partial charge in [-0.05, 0) is 26.2 Å². The maximum atomic E-state index is 10.9. The molecule has 0 bridgehead atoms. The van der Waals surface area contributed by atoms with Gasteiger partial charge >= 0.3 is 11.9 Å². The van der Waals surface area contributed by atoms with Crippen LogP contribution in [0.15, 0.2) is 0 Å². The van der Waals surface area contributed by atoms with E-state index in [2.05, 4.69) is 13.8 Å². The molecule has 0 fully saturated rings. The average molecular weight is 363 g/mol. The molecule has 0 amide bonds. The molecular formula is C19H38O6. The number of ether oxygens (including phenoxy) is 4. The fraction of sp³-hybridized carbons (Fsp3) is 0.895. The second-order valence-electron chi connectivity index (χ2n) is 5.46. The first-order valence-corrected chi connectivity index (χ1v) is 9.58. The van der Waals surface area contributed by atoms with E-state index in [1.807, 2.05) is 6.92 Å².